The maximum atomic E-state index is 9.51. The van der Waals surface area contributed by atoms with Gasteiger partial charge in [-0.2, -0.15) is 0 Å². The van der Waals surface area contributed by atoms with Crippen molar-refractivity contribution in [2.75, 3.05) is 0 Å². The van der Waals surface area contributed by atoms with E-state index in [0.717, 1.165) is 5.52 Å². The van der Waals surface area contributed by atoms with Crippen LogP contribution in [0.25, 0.3) is 10.9 Å². The molecule has 0 bridgehead atoms. The lowest BCUT2D eigenvalue weighted by Crippen LogP contribution is -1.76. The quantitative estimate of drug-likeness (QED) is 0.463. The minimum absolute atomic E-state index is 0.0428. The smallest absolute Gasteiger partial charge is 0.145 e. The van der Waals surface area contributed by atoms with Gasteiger partial charge in [0, 0.05) is 4.90 Å². The zero-order chi connectivity index (χ0) is 9.59. The van der Waals surface area contributed by atoms with Crippen molar-refractivity contribution in [2.45, 2.75) is 4.90 Å². The molecule has 0 aliphatic rings. The molecule has 0 aliphatic heterocycles. The number of fused-ring (bicyclic) bond motifs is 1. The fourth-order valence-electron chi connectivity index (χ4n) is 1.33. The zero-order valence-corrected chi connectivity index (χ0v) is 8.65. The predicted octanol–water partition coefficient (Wildman–Crippen LogP) is 1.98. The van der Waals surface area contributed by atoms with Gasteiger partial charge >= 0.3 is 0 Å². The van der Waals surface area contributed by atoms with Gasteiger partial charge in [-0.15, -0.1) is 12.6 Å². The summed E-state index contributed by atoms with van der Waals surface area (Å²) in [5, 5.41) is 19.4. The summed E-state index contributed by atoms with van der Waals surface area (Å²) in [7, 11) is 2.42. The number of phenolic OH excluding ortho intramolecular Hbond substituents is 1. The lowest BCUT2D eigenvalue weighted by atomic mass is 10.2. The normalized spacial score (nSPS) is 10.9. The molecule has 68 valence electrons. The van der Waals surface area contributed by atoms with E-state index in [2.05, 4.69) is 22.0 Å². The molecule has 0 aliphatic carbocycles. The summed E-state index contributed by atoms with van der Waals surface area (Å²) in [6.07, 6.45) is 1.52. The third-order valence-corrected chi connectivity index (χ3v) is 2.56. The highest BCUT2D eigenvalue weighted by Crippen LogP contribution is 2.37. The van der Waals surface area contributed by atoms with E-state index in [1.165, 1.54) is 12.3 Å². The van der Waals surface area contributed by atoms with Gasteiger partial charge in [0.2, 0.25) is 0 Å². The lowest BCUT2D eigenvalue weighted by Gasteiger charge is -1.99. The van der Waals surface area contributed by atoms with Crippen molar-refractivity contribution in [1.29, 1.82) is 0 Å². The van der Waals surface area contributed by atoms with Crippen molar-refractivity contribution in [1.82, 2.24) is 4.34 Å². The maximum absolute atomic E-state index is 9.51. The number of aromatic hydroxyl groups is 2. The average Bonchev–Trinajstić information content (AvgIpc) is 2.27. The summed E-state index contributed by atoms with van der Waals surface area (Å²) < 4.78 is 1.66. The molecule has 0 radical (unpaired) electrons. The van der Waals surface area contributed by atoms with E-state index in [0.29, 0.717) is 10.3 Å². The number of hydrogen-bond donors (Lipinski definition) is 3. The molecule has 1 unspecified atom stereocenters. The zero-order valence-electron chi connectivity index (χ0n) is 6.60. The fourth-order valence-corrected chi connectivity index (χ4v) is 1.92. The first-order valence-electron chi connectivity index (χ1n) is 3.60. The van der Waals surface area contributed by atoms with Crippen LogP contribution in [0.4, 0.5) is 0 Å². The molecule has 5 heteroatoms. The molecule has 0 amide bonds. The molecule has 1 atom stereocenters. The van der Waals surface area contributed by atoms with Gasteiger partial charge in [-0.3, -0.25) is 0 Å². The van der Waals surface area contributed by atoms with E-state index >= 15 is 0 Å². The molecular formula is C8H8NO2PS. The van der Waals surface area contributed by atoms with Crippen LogP contribution in [-0.4, -0.2) is 14.6 Å². The summed E-state index contributed by atoms with van der Waals surface area (Å²) in [5.74, 6) is 0.108. The van der Waals surface area contributed by atoms with Crippen LogP contribution in [0.5, 0.6) is 11.5 Å². The molecule has 0 saturated carbocycles. The third kappa shape index (κ3) is 1.26. The van der Waals surface area contributed by atoms with Crippen LogP contribution in [-0.2, 0) is 0 Å². The van der Waals surface area contributed by atoms with E-state index < -0.39 is 0 Å². The van der Waals surface area contributed by atoms with Crippen molar-refractivity contribution < 1.29 is 10.2 Å². The van der Waals surface area contributed by atoms with Crippen LogP contribution >= 0.6 is 22.0 Å². The van der Waals surface area contributed by atoms with Gasteiger partial charge in [-0.1, -0.05) is 0 Å². The second-order valence-corrected chi connectivity index (χ2v) is 3.85. The average molecular weight is 213 g/mol. The van der Waals surface area contributed by atoms with Crippen molar-refractivity contribution >= 4 is 32.9 Å². The first-order chi connectivity index (χ1) is 6.09. The Morgan fingerprint density at radius 2 is 1.92 bits per heavy atom. The molecule has 0 saturated heterocycles. The second kappa shape index (κ2) is 2.82. The first-order valence-corrected chi connectivity index (χ1v) is 4.57. The lowest BCUT2D eigenvalue weighted by molar-refractivity contribution is 0.464. The van der Waals surface area contributed by atoms with Crippen molar-refractivity contribution in [3.63, 3.8) is 0 Å². The Morgan fingerprint density at radius 3 is 2.62 bits per heavy atom. The van der Waals surface area contributed by atoms with Crippen molar-refractivity contribution in [3.05, 3.63) is 18.3 Å². The Hall–Kier alpha value is -0.860. The van der Waals surface area contributed by atoms with Crippen LogP contribution in [0.15, 0.2) is 23.2 Å². The summed E-state index contributed by atoms with van der Waals surface area (Å²) in [4.78, 5) is 0.659. The molecule has 1 heterocycles. The molecule has 1 aromatic carbocycles. The van der Waals surface area contributed by atoms with Crippen LogP contribution in [0.3, 0.4) is 0 Å². The van der Waals surface area contributed by atoms with Gasteiger partial charge in [-0.05, 0) is 21.5 Å². The Kier molecular flexibility index (Phi) is 1.90. The number of nitrogens with zero attached hydrogens (tertiary/aromatic N) is 1. The molecule has 13 heavy (non-hydrogen) atoms. The summed E-state index contributed by atoms with van der Waals surface area (Å²) in [5.41, 5.74) is 0.729. The topological polar surface area (TPSA) is 45.4 Å². The highest BCUT2D eigenvalue weighted by molar-refractivity contribution is 7.80. The Labute approximate surface area is 82.7 Å². The van der Waals surface area contributed by atoms with Gasteiger partial charge in [0.05, 0.1) is 17.1 Å². The van der Waals surface area contributed by atoms with Gasteiger partial charge < -0.3 is 14.6 Å². The van der Waals surface area contributed by atoms with Crippen LogP contribution in [0.2, 0.25) is 0 Å². The summed E-state index contributed by atoms with van der Waals surface area (Å²) in [6.45, 7) is 0. The third-order valence-electron chi connectivity index (χ3n) is 1.88. The van der Waals surface area contributed by atoms with E-state index in [1.807, 2.05) is 0 Å². The largest absolute Gasteiger partial charge is 0.507 e. The summed E-state index contributed by atoms with van der Waals surface area (Å²) in [6, 6.07) is 3.26. The standard InChI is InChI=1S/C8H8NO2PS/c10-6-2-4(13)1-5-8(6)7(11)3-9(5)12/h1-3,10-11,13H,12H2. The van der Waals surface area contributed by atoms with Crippen LogP contribution in [0.1, 0.15) is 0 Å². The minimum atomic E-state index is 0.0428. The van der Waals surface area contributed by atoms with Crippen LogP contribution < -0.4 is 0 Å². The molecule has 0 spiro atoms. The van der Waals surface area contributed by atoms with E-state index in [-0.39, 0.29) is 11.5 Å². The number of aromatic nitrogens is 1. The van der Waals surface area contributed by atoms with Crippen LogP contribution in [0, 0.1) is 0 Å². The first kappa shape index (κ1) is 8.73. The molecule has 2 aromatic rings. The minimum Gasteiger partial charge on any atom is -0.507 e. The number of rotatable bonds is 0. The van der Waals surface area contributed by atoms with E-state index in [4.69, 9.17) is 0 Å². The Bertz CT molecular complexity index is 480. The maximum Gasteiger partial charge on any atom is 0.145 e. The van der Waals surface area contributed by atoms with E-state index in [1.54, 1.807) is 10.4 Å². The number of hydrogen-bond acceptors (Lipinski definition) is 3. The Morgan fingerprint density at radius 1 is 1.23 bits per heavy atom. The van der Waals surface area contributed by atoms with Gasteiger partial charge in [-0.25, -0.2) is 0 Å². The van der Waals surface area contributed by atoms with Crippen molar-refractivity contribution in [3.8, 4) is 11.5 Å². The van der Waals surface area contributed by atoms with Crippen molar-refractivity contribution in [2.24, 2.45) is 0 Å². The molecule has 0 fully saturated rings. The highest BCUT2D eigenvalue weighted by Gasteiger charge is 2.10. The number of phenols is 1. The number of benzene rings is 1. The fraction of sp³-hybridized carbons (Fsp3) is 0. The molecule has 3 nitrogen and oxygen atoms in total. The second-order valence-electron chi connectivity index (χ2n) is 2.78. The molecule has 1 aromatic heterocycles. The van der Waals surface area contributed by atoms with Gasteiger partial charge in [0.15, 0.2) is 0 Å². The van der Waals surface area contributed by atoms with Gasteiger partial charge in [0.25, 0.3) is 0 Å². The monoisotopic (exact) mass is 213 g/mol. The number of thiol groups is 1. The molecular weight excluding hydrogens is 205 g/mol. The SMILES string of the molecule is Oc1cc(S)cc2c1c(O)cn2P. The van der Waals surface area contributed by atoms with E-state index in [9.17, 15) is 10.2 Å². The molecule has 2 rings (SSSR count). The highest BCUT2D eigenvalue weighted by atomic mass is 32.1. The summed E-state index contributed by atoms with van der Waals surface area (Å²) >= 11 is 4.12. The predicted molar refractivity (Wildman–Crippen MR) is 57.6 cm³/mol. The Balaban J connectivity index is 2.97. The van der Waals surface area contributed by atoms with Gasteiger partial charge in [0.1, 0.15) is 11.5 Å². The molecule has 2 N–H and O–H groups in total.